The highest BCUT2D eigenvalue weighted by molar-refractivity contribution is 9.10. The number of ether oxygens (including phenoxy) is 3. The Labute approximate surface area is 182 Å². The topological polar surface area (TPSA) is 57.1 Å². The van der Waals surface area contributed by atoms with E-state index >= 15 is 0 Å². The molecule has 150 valence electrons. The van der Waals surface area contributed by atoms with Crippen molar-refractivity contribution in [2.75, 3.05) is 7.11 Å². The van der Waals surface area contributed by atoms with Crippen molar-refractivity contribution in [2.45, 2.75) is 6.61 Å². The van der Waals surface area contributed by atoms with E-state index in [2.05, 4.69) is 20.9 Å². The molecule has 1 aliphatic rings. The number of cyclic esters (lactones) is 1. The predicted octanol–water partition coefficient (Wildman–Crippen LogP) is 5.38. The molecule has 0 aliphatic carbocycles. The number of carbonyl (C=O) groups is 1. The third kappa shape index (κ3) is 4.78. The first-order valence-electron chi connectivity index (χ1n) is 9.25. The van der Waals surface area contributed by atoms with Gasteiger partial charge in [-0.05, 0) is 59.7 Å². The van der Waals surface area contributed by atoms with Gasteiger partial charge in [-0.25, -0.2) is 9.79 Å². The van der Waals surface area contributed by atoms with Gasteiger partial charge < -0.3 is 14.2 Å². The Kier molecular flexibility index (Phi) is 5.95. The molecule has 5 nitrogen and oxygen atoms in total. The van der Waals surface area contributed by atoms with Gasteiger partial charge in [0.25, 0.3) is 0 Å². The summed E-state index contributed by atoms with van der Waals surface area (Å²) >= 11 is 3.42. The van der Waals surface area contributed by atoms with E-state index < -0.39 is 5.97 Å². The molecule has 0 atom stereocenters. The van der Waals surface area contributed by atoms with Crippen LogP contribution in [0.3, 0.4) is 0 Å². The van der Waals surface area contributed by atoms with Gasteiger partial charge >= 0.3 is 5.97 Å². The molecule has 0 N–H and O–H groups in total. The summed E-state index contributed by atoms with van der Waals surface area (Å²) in [5, 5.41) is 0. The fraction of sp³-hybridized carbons (Fsp3) is 0.0833. The summed E-state index contributed by atoms with van der Waals surface area (Å²) < 4.78 is 17.4. The van der Waals surface area contributed by atoms with Gasteiger partial charge in [-0.3, -0.25) is 0 Å². The molecule has 0 aromatic heterocycles. The monoisotopic (exact) mass is 463 g/mol. The average Bonchev–Trinajstić information content (AvgIpc) is 3.14. The summed E-state index contributed by atoms with van der Waals surface area (Å²) in [5.74, 6) is 1.19. The Morgan fingerprint density at radius 1 is 1.00 bits per heavy atom. The van der Waals surface area contributed by atoms with Gasteiger partial charge in [-0.15, -0.1) is 0 Å². The van der Waals surface area contributed by atoms with Crippen LogP contribution in [0.4, 0.5) is 0 Å². The second-order valence-electron chi connectivity index (χ2n) is 6.55. The molecule has 0 fully saturated rings. The maximum absolute atomic E-state index is 12.2. The van der Waals surface area contributed by atoms with Gasteiger partial charge in [0.15, 0.2) is 5.70 Å². The van der Waals surface area contributed by atoms with E-state index in [4.69, 9.17) is 14.2 Å². The zero-order valence-electron chi connectivity index (χ0n) is 16.2. The quantitative estimate of drug-likeness (QED) is 0.363. The zero-order chi connectivity index (χ0) is 20.9. The Balaban J connectivity index is 1.45. The van der Waals surface area contributed by atoms with Crippen molar-refractivity contribution in [3.63, 3.8) is 0 Å². The van der Waals surface area contributed by atoms with Crippen molar-refractivity contribution in [3.8, 4) is 11.5 Å². The van der Waals surface area contributed by atoms with Gasteiger partial charge in [0, 0.05) is 10.0 Å². The highest BCUT2D eigenvalue weighted by atomic mass is 79.9. The minimum atomic E-state index is -0.483. The zero-order valence-corrected chi connectivity index (χ0v) is 17.8. The van der Waals surface area contributed by atoms with Gasteiger partial charge in [0.2, 0.25) is 5.90 Å². The van der Waals surface area contributed by atoms with Crippen LogP contribution < -0.4 is 9.47 Å². The van der Waals surface area contributed by atoms with Crippen LogP contribution in [0.15, 0.2) is 88.0 Å². The predicted molar refractivity (Wildman–Crippen MR) is 119 cm³/mol. The smallest absolute Gasteiger partial charge is 0.363 e. The fourth-order valence-electron chi connectivity index (χ4n) is 2.85. The van der Waals surface area contributed by atoms with Crippen LogP contribution in [-0.2, 0) is 16.1 Å². The number of rotatable bonds is 6. The van der Waals surface area contributed by atoms with E-state index in [-0.39, 0.29) is 11.6 Å². The summed E-state index contributed by atoms with van der Waals surface area (Å²) in [6.45, 7) is 0.480. The number of carbonyl (C=O) groups excluding carboxylic acids is 1. The van der Waals surface area contributed by atoms with Gasteiger partial charge in [0.05, 0.1) is 7.11 Å². The molecule has 1 aliphatic heterocycles. The van der Waals surface area contributed by atoms with Crippen LogP contribution in [0.1, 0.15) is 16.7 Å². The number of aliphatic imine (C=N–C) groups is 1. The van der Waals surface area contributed by atoms with E-state index in [1.807, 2.05) is 66.7 Å². The van der Waals surface area contributed by atoms with E-state index in [0.717, 1.165) is 21.3 Å². The summed E-state index contributed by atoms with van der Waals surface area (Å²) in [6, 6.07) is 22.7. The second kappa shape index (κ2) is 8.97. The van der Waals surface area contributed by atoms with Crippen molar-refractivity contribution < 1.29 is 19.0 Å². The number of hydrogen-bond donors (Lipinski definition) is 0. The van der Waals surface area contributed by atoms with Crippen molar-refractivity contribution >= 4 is 33.9 Å². The molecule has 4 rings (SSSR count). The molecular weight excluding hydrogens is 446 g/mol. The Bertz CT molecular complexity index is 1120. The first kappa shape index (κ1) is 19.9. The van der Waals surface area contributed by atoms with Crippen molar-refractivity contribution in [1.82, 2.24) is 0 Å². The number of nitrogens with zero attached hydrogens (tertiary/aromatic N) is 1. The molecule has 3 aromatic rings. The second-order valence-corrected chi connectivity index (χ2v) is 7.47. The Hall–Kier alpha value is -3.38. The average molecular weight is 464 g/mol. The van der Waals surface area contributed by atoms with E-state index in [0.29, 0.717) is 17.9 Å². The lowest BCUT2D eigenvalue weighted by atomic mass is 10.2. The van der Waals surface area contributed by atoms with Crippen LogP contribution in [0.25, 0.3) is 6.08 Å². The molecule has 0 radical (unpaired) electrons. The van der Waals surface area contributed by atoms with Crippen LogP contribution in [0.5, 0.6) is 11.5 Å². The molecule has 0 amide bonds. The van der Waals surface area contributed by atoms with Crippen LogP contribution in [0, 0.1) is 0 Å². The third-order valence-corrected chi connectivity index (χ3v) is 4.97. The van der Waals surface area contributed by atoms with E-state index in [1.165, 1.54) is 0 Å². The lowest BCUT2D eigenvalue weighted by Gasteiger charge is -2.06. The minimum Gasteiger partial charge on any atom is -0.497 e. The van der Waals surface area contributed by atoms with Gasteiger partial charge in [-0.1, -0.05) is 46.3 Å². The highest BCUT2D eigenvalue weighted by Crippen LogP contribution is 2.23. The molecule has 0 saturated heterocycles. The lowest BCUT2D eigenvalue weighted by Crippen LogP contribution is -2.05. The first-order valence-corrected chi connectivity index (χ1v) is 10.0. The molecule has 0 spiro atoms. The maximum atomic E-state index is 12.2. The van der Waals surface area contributed by atoms with Crippen LogP contribution >= 0.6 is 15.9 Å². The molecular formula is C24H18BrNO4. The van der Waals surface area contributed by atoms with Gasteiger partial charge in [0.1, 0.15) is 18.1 Å². The third-order valence-electron chi connectivity index (χ3n) is 4.44. The largest absolute Gasteiger partial charge is 0.497 e. The Morgan fingerprint density at radius 2 is 1.77 bits per heavy atom. The Morgan fingerprint density at radius 3 is 2.50 bits per heavy atom. The van der Waals surface area contributed by atoms with Crippen molar-refractivity contribution in [2.24, 2.45) is 4.99 Å². The first-order chi connectivity index (χ1) is 14.6. The molecule has 3 aromatic carbocycles. The molecule has 6 heteroatoms. The molecule has 30 heavy (non-hydrogen) atoms. The number of benzene rings is 3. The van der Waals surface area contributed by atoms with E-state index in [9.17, 15) is 4.79 Å². The lowest BCUT2D eigenvalue weighted by molar-refractivity contribution is -0.129. The summed E-state index contributed by atoms with van der Waals surface area (Å²) in [7, 11) is 1.58. The normalized spacial score (nSPS) is 14.4. The molecule has 0 saturated carbocycles. The fourth-order valence-corrected chi connectivity index (χ4v) is 3.12. The summed E-state index contributed by atoms with van der Waals surface area (Å²) in [6.07, 6.45) is 1.69. The van der Waals surface area contributed by atoms with Crippen LogP contribution in [0.2, 0.25) is 0 Å². The number of hydrogen-bond acceptors (Lipinski definition) is 5. The molecule has 0 unspecified atom stereocenters. The van der Waals surface area contributed by atoms with Crippen molar-refractivity contribution in [3.05, 3.63) is 99.7 Å². The summed E-state index contributed by atoms with van der Waals surface area (Å²) in [4.78, 5) is 16.5. The molecule has 1 heterocycles. The van der Waals surface area contributed by atoms with Gasteiger partial charge in [-0.2, -0.15) is 0 Å². The maximum Gasteiger partial charge on any atom is 0.363 e. The van der Waals surface area contributed by atoms with E-state index in [1.54, 1.807) is 19.3 Å². The summed E-state index contributed by atoms with van der Waals surface area (Å²) in [5.41, 5.74) is 2.84. The molecule has 0 bridgehead atoms. The van der Waals surface area contributed by atoms with Crippen molar-refractivity contribution in [1.29, 1.82) is 0 Å². The number of halogens is 1. The SMILES string of the molecule is COc1cccc(C2=N/C(=C/c3ccc(OCc4ccc(Br)cc4)cc3)C(=O)O2)c1. The minimum absolute atomic E-state index is 0.247. The number of esters is 1. The van der Waals surface area contributed by atoms with Crippen LogP contribution in [-0.4, -0.2) is 19.0 Å². The standard InChI is InChI=1S/C24H18BrNO4/c1-28-21-4-2-3-18(14-21)23-26-22(24(27)30-23)13-16-7-11-20(12-8-16)29-15-17-5-9-19(25)10-6-17/h2-14H,15H2,1H3/b22-13+. The highest BCUT2D eigenvalue weighted by Gasteiger charge is 2.24. The number of methoxy groups -OCH3 is 1.